The number of ketones is 2. The van der Waals surface area contributed by atoms with Crippen LogP contribution in [0.25, 0.3) is 10.4 Å². The summed E-state index contributed by atoms with van der Waals surface area (Å²) in [4.78, 5) is 69.1. The Kier molecular flexibility index (Phi) is 12.8. The van der Waals surface area contributed by atoms with Gasteiger partial charge in [0.1, 0.15) is 11.8 Å². The lowest BCUT2D eigenvalue weighted by atomic mass is 9.85. The van der Waals surface area contributed by atoms with Crippen molar-refractivity contribution in [3.8, 4) is 10.4 Å². The van der Waals surface area contributed by atoms with E-state index in [4.69, 9.17) is 5.11 Å². The molecule has 2 heterocycles. The molecule has 1 aromatic heterocycles. The molecule has 0 radical (unpaired) electrons. The van der Waals surface area contributed by atoms with Gasteiger partial charge in [0, 0.05) is 38.6 Å². The Hall–Kier alpha value is -3.44. The Morgan fingerprint density at radius 3 is 2.30 bits per heavy atom. The molecule has 11 heteroatoms. The fraction of sp³-hybridized carbons (Fsp3) is 0.576. The first-order chi connectivity index (χ1) is 20.8. The number of nitrogens with zero attached hydrogens (tertiary/aromatic N) is 2. The molecule has 0 aliphatic carbocycles. The Morgan fingerprint density at radius 1 is 1.00 bits per heavy atom. The Labute approximate surface area is 263 Å². The molecule has 10 nitrogen and oxygen atoms in total. The van der Waals surface area contributed by atoms with Gasteiger partial charge in [-0.3, -0.25) is 24.0 Å². The molecule has 2 amide bonds. The van der Waals surface area contributed by atoms with Crippen LogP contribution in [0.4, 0.5) is 0 Å². The molecule has 1 aliphatic rings. The van der Waals surface area contributed by atoms with Crippen molar-refractivity contribution in [2.24, 2.45) is 5.41 Å². The smallest absolute Gasteiger partial charge is 0.303 e. The third-order valence-electron chi connectivity index (χ3n) is 7.95. The minimum Gasteiger partial charge on any atom is -0.481 e. The standard InChI is InChI=1S/C33H45N3O7S/c1-21-30(44-20-34-21)23-13-10-22(11-14-23)12-16-27(39)26-18-25(38)19-36(26)32(43)31(33(2,3)4)35-28(40)9-7-5-6-8-24(37)15-17-29(41)42/h10-11,13-14,20,25-26,31,38H,5-9,12,15-19H2,1-4H3,(H,35,40)(H,41,42)/t25-,26+,31-/m1/s1. The second-order valence-electron chi connectivity index (χ2n) is 12.7. The fourth-order valence-corrected chi connectivity index (χ4v) is 6.21. The summed E-state index contributed by atoms with van der Waals surface area (Å²) < 4.78 is 0. The van der Waals surface area contributed by atoms with Gasteiger partial charge in [0.2, 0.25) is 11.8 Å². The van der Waals surface area contributed by atoms with Gasteiger partial charge in [0.05, 0.1) is 34.6 Å². The summed E-state index contributed by atoms with van der Waals surface area (Å²) in [6.45, 7) is 7.55. The number of carbonyl (C=O) groups is 5. The topological polar surface area (TPSA) is 154 Å². The predicted octanol–water partition coefficient (Wildman–Crippen LogP) is 4.50. The van der Waals surface area contributed by atoms with Crippen LogP contribution in [-0.4, -0.2) is 74.2 Å². The minimum absolute atomic E-state index is 0.0147. The van der Waals surface area contributed by atoms with Crippen molar-refractivity contribution in [2.75, 3.05) is 6.54 Å². The number of β-amino-alcohol motifs (C(OH)–C–C–N with tert-alkyl or cyclic N) is 1. The highest BCUT2D eigenvalue weighted by Crippen LogP contribution is 2.29. The van der Waals surface area contributed by atoms with Gasteiger partial charge in [0.15, 0.2) is 5.78 Å². The molecule has 2 aromatic rings. The highest BCUT2D eigenvalue weighted by molar-refractivity contribution is 7.13. The number of amides is 2. The Morgan fingerprint density at radius 2 is 1.68 bits per heavy atom. The number of benzene rings is 1. The number of aliphatic hydroxyl groups is 1. The largest absolute Gasteiger partial charge is 0.481 e. The Bertz CT molecular complexity index is 1320. The first-order valence-electron chi connectivity index (χ1n) is 15.3. The van der Waals surface area contributed by atoms with Gasteiger partial charge in [0.25, 0.3) is 0 Å². The van der Waals surface area contributed by atoms with E-state index in [1.165, 1.54) is 4.90 Å². The van der Waals surface area contributed by atoms with Crippen molar-refractivity contribution in [1.29, 1.82) is 0 Å². The number of aromatic nitrogens is 1. The Balaban J connectivity index is 1.53. The van der Waals surface area contributed by atoms with Gasteiger partial charge in [-0.1, -0.05) is 51.5 Å². The van der Waals surface area contributed by atoms with Crippen LogP contribution in [0, 0.1) is 12.3 Å². The number of aliphatic hydroxyl groups excluding tert-OH is 1. The first kappa shape index (κ1) is 35.0. The average molecular weight is 628 g/mol. The summed E-state index contributed by atoms with van der Waals surface area (Å²) in [5.74, 6) is -1.90. The average Bonchev–Trinajstić information content (AvgIpc) is 3.58. The van der Waals surface area contributed by atoms with Crippen LogP contribution in [0.5, 0.6) is 0 Å². The molecule has 1 aliphatic heterocycles. The van der Waals surface area contributed by atoms with Crippen molar-refractivity contribution >= 4 is 40.7 Å². The van der Waals surface area contributed by atoms with Gasteiger partial charge >= 0.3 is 5.97 Å². The molecule has 1 saturated heterocycles. The van der Waals surface area contributed by atoms with E-state index < -0.39 is 29.6 Å². The molecule has 3 N–H and O–H groups in total. The van der Waals surface area contributed by atoms with Crippen molar-refractivity contribution in [3.63, 3.8) is 0 Å². The molecule has 44 heavy (non-hydrogen) atoms. The number of rotatable bonds is 16. The number of hydrogen-bond donors (Lipinski definition) is 3. The number of aryl methyl sites for hydroxylation is 2. The van der Waals surface area contributed by atoms with E-state index in [-0.39, 0.29) is 68.5 Å². The van der Waals surface area contributed by atoms with Gasteiger partial charge in [-0.05, 0) is 42.7 Å². The molecule has 0 bridgehead atoms. The summed E-state index contributed by atoms with van der Waals surface area (Å²) >= 11 is 1.58. The van der Waals surface area contributed by atoms with E-state index in [2.05, 4.69) is 10.3 Å². The van der Waals surface area contributed by atoms with Crippen LogP contribution in [-0.2, 0) is 30.4 Å². The molecular formula is C33H45N3O7S. The molecule has 0 spiro atoms. The lowest BCUT2D eigenvalue weighted by Crippen LogP contribution is -2.56. The van der Waals surface area contributed by atoms with Crippen molar-refractivity contribution in [2.45, 2.75) is 110 Å². The quantitative estimate of drug-likeness (QED) is 0.230. The van der Waals surface area contributed by atoms with Crippen molar-refractivity contribution < 1.29 is 34.2 Å². The predicted molar refractivity (Wildman–Crippen MR) is 168 cm³/mol. The highest BCUT2D eigenvalue weighted by atomic mass is 32.1. The van der Waals surface area contributed by atoms with E-state index in [1.54, 1.807) is 11.3 Å². The van der Waals surface area contributed by atoms with Crippen molar-refractivity contribution in [1.82, 2.24) is 15.2 Å². The molecule has 1 aromatic carbocycles. The van der Waals surface area contributed by atoms with Crippen LogP contribution in [0.2, 0.25) is 0 Å². The molecule has 1 fully saturated rings. The van der Waals surface area contributed by atoms with E-state index >= 15 is 0 Å². The maximum absolute atomic E-state index is 13.8. The normalized spacial score (nSPS) is 17.3. The second kappa shape index (κ2) is 16.0. The summed E-state index contributed by atoms with van der Waals surface area (Å²) in [7, 11) is 0. The molecule has 240 valence electrons. The molecular weight excluding hydrogens is 582 g/mol. The number of carboxylic acids is 1. The van der Waals surface area contributed by atoms with Crippen LogP contribution in [0.1, 0.15) is 89.8 Å². The highest BCUT2D eigenvalue weighted by Gasteiger charge is 2.44. The molecule has 3 rings (SSSR count). The molecule has 3 atom stereocenters. The second-order valence-corrected chi connectivity index (χ2v) is 13.5. The summed E-state index contributed by atoms with van der Waals surface area (Å²) in [6.07, 6.45) is 2.11. The number of carboxylic acid groups (broad SMARTS) is 1. The van der Waals surface area contributed by atoms with Crippen LogP contribution < -0.4 is 5.32 Å². The maximum atomic E-state index is 13.8. The first-order valence-corrected chi connectivity index (χ1v) is 16.2. The van der Waals surface area contributed by atoms with Gasteiger partial charge in [-0.15, -0.1) is 11.3 Å². The van der Waals surface area contributed by atoms with Gasteiger partial charge in [-0.2, -0.15) is 0 Å². The van der Waals surface area contributed by atoms with E-state index in [0.29, 0.717) is 25.7 Å². The molecule has 0 saturated carbocycles. The number of unbranched alkanes of at least 4 members (excludes halogenated alkanes) is 2. The summed E-state index contributed by atoms with van der Waals surface area (Å²) in [6, 6.07) is 6.41. The summed E-state index contributed by atoms with van der Waals surface area (Å²) in [5.41, 5.74) is 4.24. The number of nitrogens with one attached hydrogen (secondary N) is 1. The lowest BCUT2D eigenvalue weighted by molar-refractivity contribution is -0.143. The number of likely N-dealkylation sites (tertiary alicyclic amines) is 1. The van der Waals surface area contributed by atoms with Crippen LogP contribution in [0.3, 0.4) is 0 Å². The number of carbonyl (C=O) groups excluding carboxylic acids is 4. The zero-order valence-electron chi connectivity index (χ0n) is 26.1. The minimum atomic E-state index is -0.999. The van der Waals surface area contributed by atoms with E-state index in [1.807, 2.05) is 57.5 Å². The SMILES string of the molecule is Cc1ncsc1-c1ccc(CCC(=O)[C@@H]2C[C@@H](O)CN2C(=O)[C@@H](NC(=O)CCCCCC(=O)CCC(=O)O)C(C)(C)C)cc1. The number of thiazole rings is 1. The zero-order chi connectivity index (χ0) is 32.4. The molecule has 0 unspecified atom stereocenters. The lowest BCUT2D eigenvalue weighted by Gasteiger charge is -2.35. The van der Waals surface area contributed by atoms with Crippen LogP contribution >= 0.6 is 11.3 Å². The fourth-order valence-electron chi connectivity index (χ4n) is 5.40. The van der Waals surface area contributed by atoms with Crippen molar-refractivity contribution in [3.05, 3.63) is 41.0 Å². The van der Waals surface area contributed by atoms with Gasteiger partial charge in [-0.25, -0.2) is 4.98 Å². The van der Waals surface area contributed by atoms with E-state index in [0.717, 1.165) is 21.7 Å². The van der Waals surface area contributed by atoms with Gasteiger partial charge < -0.3 is 20.4 Å². The number of aliphatic carboxylic acids is 1. The van der Waals surface area contributed by atoms with Crippen LogP contribution in [0.15, 0.2) is 29.8 Å². The third-order valence-corrected chi connectivity index (χ3v) is 8.93. The third kappa shape index (κ3) is 10.3. The zero-order valence-corrected chi connectivity index (χ0v) is 27.0. The maximum Gasteiger partial charge on any atom is 0.303 e. The monoisotopic (exact) mass is 627 g/mol. The number of hydrogen-bond acceptors (Lipinski definition) is 8. The number of Topliss-reactive ketones (excluding diaryl/α,β-unsaturated/α-hetero) is 2. The summed E-state index contributed by atoms with van der Waals surface area (Å²) in [5, 5.41) is 22.0. The van der Waals surface area contributed by atoms with E-state index in [9.17, 15) is 29.1 Å².